The van der Waals surface area contributed by atoms with Crippen LogP contribution in [0, 0.1) is 0 Å². The van der Waals surface area contributed by atoms with Crippen molar-refractivity contribution in [1.29, 1.82) is 0 Å². The Morgan fingerprint density at radius 1 is 1.46 bits per heavy atom. The fourth-order valence-corrected chi connectivity index (χ4v) is 4.08. The maximum Gasteiger partial charge on any atom is 0.166 e. The highest BCUT2D eigenvalue weighted by Crippen LogP contribution is 2.55. The predicted octanol–water partition coefficient (Wildman–Crippen LogP) is 1.93. The minimum Gasteiger partial charge on any atom is -0.493 e. The summed E-state index contributed by atoms with van der Waals surface area (Å²) in [5, 5.41) is 19.3. The van der Waals surface area contributed by atoms with Crippen molar-refractivity contribution in [3.8, 4) is 11.5 Å². The molecule has 0 bridgehead atoms. The first-order valence-electron chi connectivity index (χ1n) is 8.08. The van der Waals surface area contributed by atoms with E-state index in [0.29, 0.717) is 6.42 Å². The second-order valence-corrected chi connectivity index (χ2v) is 6.57. The van der Waals surface area contributed by atoms with Crippen molar-refractivity contribution >= 4 is 6.72 Å². The number of benzene rings is 1. The molecular formula is C18H24N2O4. The molecule has 6 nitrogen and oxygen atoms in total. The van der Waals surface area contributed by atoms with Crippen LogP contribution in [0.4, 0.5) is 0 Å². The van der Waals surface area contributed by atoms with Gasteiger partial charge in [-0.2, -0.15) is 0 Å². The van der Waals surface area contributed by atoms with E-state index in [1.54, 1.807) is 7.11 Å². The third kappa shape index (κ3) is 2.56. The fraction of sp³-hybridized carbons (Fsp3) is 0.500. The molecule has 3 aliphatic rings. The van der Waals surface area contributed by atoms with E-state index in [4.69, 9.17) is 14.7 Å². The van der Waals surface area contributed by atoms with E-state index < -0.39 is 6.10 Å². The van der Waals surface area contributed by atoms with Gasteiger partial charge in [-0.1, -0.05) is 18.2 Å². The zero-order valence-electron chi connectivity index (χ0n) is 14.1. The van der Waals surface area contributed by atoms with Crippen LogP contribution in [-0.4, -0.2) is 54.8 Å². The monoisotopic (exact) mass is 332 g/mol. The van der Waals surface area contributed by atoms with E-state index in [9.17, 15) is 5.11 Å². The number of rotatable bonds is 1. The van der Waals surface area contributed by atoms with Gasteiger partial charge in [-0.05, 0) is 31.6 Å². The summed E-state index contributed by atoms with van der Waals surface area (Å²) in [5.41, 5.74) is 2.48. The van der Waals surface area contributed by atoms with E-state index in [-0.39, 0.29) is 11.5 Å². The van der Waals surface area contributed by atoms with Crippen LogP contribution in [0.5, 0.6) is 11.5 Å². The van der Waals surface area contributed by atoms with Crippen LogP contribution >= 0.6 is 0 Å². The third-order valence-corrected chi connectivity index (χ3v) is 5.15. The van der Waals surface area contributed by atoms with Crippen molar-refractivity contribution in [2.24, 2.45) is 5.16 Å². The SMILES string of the molecule is C=NO.COc1ccc2c3c1O[C@H]1C[C@@H](O)C=C[C@@]31CCN(C)C2. The van der Waals surface area contributed by atoms with Gasteiger partial charge in [-0.25, -0.2) is 0 Å². The van der Waals surface area contributed by atoms with E-state index >= 15 is 0 Å². The lowest BCUT2D eigenvalue weighted by Gasteiger charge is -2.35. The minimum atomic E-state index is -0.412. The fourth-order valence-electron chi connectivity index (χ4n) is 4.08. The Morgan fingerprint density at radius 2 is 2.21 bits per heavy atom. The Hall–Kier alpha value is -2.05. The molecule has 1 aliphatic carbocycles. The maximum absolute atomic E-state index is 9.97. The van der Waals surface area contributed by atoms with E-state index in [0.717, 1.165) is 31.0 Å². The van der Waals surface area contributed by atoms with E-state index in [1.165, 1.54) is 11.1 Å². The van der Waals surface area contributed by atoms with Gasteiger partial charge in [0.25, 0.3) is 0 Å². The van der Waals surface area contributed by atoms with Gasteiger partial charge in [0.2, 0.25) is 0 Å². The summed E-state index contributed by atoms with van der Waals surface area (Å²) in [4.78, 5) is 2.35. The summed E-state index contributed by atoms with van der Waals surface area (Å²) < 4.78 is 11.8. The summed E-state index contributed by atoms with van der Waals surface area (Å²) in [7, 11) is 3.84. The van der Waals surface area contributed by atoms with Crippen LogP contribution in [0.15, 0.2) is 29.4 Å². The van der Waals surface area contributed by atoms with Crippen molar-refractivity contribution in [3.63, 3.8) is 0 Å². The Morgan fingerprint density at radius 3 is 2.92 bits per heavy atom. The standard InChI is InChI=1S/C17H21NO3.CH3NO/c1-18-8-7-17-6-5-12(19)9-14(17)21-16-13(20-2)4-3-11(10-18)15(16)17;1-2-3/h3-6,12,14,19H,7-10H2,1-2H3;3H,1H2/t12-,14-,17-;/m0./s1. The van der Waals surface area contributed by atoms with Gasteiger partial charge in [-0.15, -0.1) is 5.16 Å². The number of nitrogens with zero attached hydrogens (tertiary/aromatic N) is 2. The topological polar surface area (TPSA) is 74.5 Å². The summed E-state index contributed by atoms with van der Waals surface area (Å²) in [6.45, 7) is 4.62. The van der Waals surface area contributed by atoms with Crippen LogP contribution in [0.1, 0.15) is 24.0 Å². The molecule has 0 fully saturated rings. The van der Waals surface area contributed by atoms with Crippen molar-refractivity contribution in [2.75, 3.05) is 20.7 Å². The van der Waals surface area contributed by atoms with Crippen LogP contribution in [-0.2, 0) is 12.0 Å². The van der Waals surface area contributed by atoms with Gasteiger partial charge >= 0.3 is 0 Å². The molecule has 0 aromatic heterocycles. The second-order valence-electron chi connectivity index (χ2n) is 6.57. The van der Waals surface area contributed by atoms with Crippen molar-refractivity contribution in [3.05, 3.63) is 35.4 Å². The molecule has 130 valence electrons. The lowest BCUT2D eigenvalue weighted by atomic mass is 9.69. The maximum atomic E-state index is 9.97. The average molecular weight is 332 g/mol. The second kappa shape index (κ2) is 6.45. The Kier molecular flexibility index (Phi) is 4.51. The van der Waals surface area contributed by atoms with Crippen molar-refractivity contribution < 1.29 is 19.8 Å². The van der Waals surface area contributed by atoms with Crippen LogP contribution in [0.3, 0.4) is 0 Å². The Balaban J connectivity index is 0.000000526. The van der Waals surface area contributed by atoms with Gasteiger partial charge in [0, 0.05) is 25.2 Å². The molecule has 1 spiro atoms. The summed E-state index contributed by atoms with van der Waals surface area (Å²) in [5.74, 6) is 1.68. The highest BCUT2D eigenvalue weighted by molar-refractivity contribution is 5.60. The van der Waals surface area contributed by atoms with Crippen LogP contribution < -0.4 is 9.47 Å². The molecule has 4 rings (SSSR count). The summed E-state index contributed by atoms with van der Waals surface area (Å²) in [6, 6.07) is 4.16. The lowest BCUT2D eigenvalue weighted by molar-refractivity contribution is 0.0821. The van der Waals surface area contributed by atoms with Gasteiger partial charge < -0.3 is 24.7 Å². The Bertz CT molecular complexity index is 661. The molecule has 0 saturated carbocycles. The van der Waals surface area contributed by atoms with E-state index in [1.807, 2.05) is 12.1 Å². The van der Waals surface area contributed by atoms with Gasteiger partial charge in [0.15, 0.2) is 11.5 Å². The molecule has 1 aromatic carbocycles. The smallest absolute Gasteiger partial charge is 0.166 e. The lowest BCUT2D eigenvalue weighted by Crippen LogP contribution is -2.42. The summed E-state index contributed by atoms with van der Waals surface area (Å²) >= 11 is 0. The number of ether oxygens (including phenoxy) is 2. The highest BCUT2D eigenvalue weighted by atomic mass is 16.5. The molecule has 1 aromatic rings. The number of hydrogen-bond donors (Lipinski definition) is 2. The molecular weight excluding hydrogens is 308 g/mol. The highest BCUT2D eigenvalue weighted by Gasteiger charge is 2.52. The van der Waals surface area contributed by atoms with Crippen LogP contribution in [0.2, 0.25) is 0 Å². The number of aliphatic hydroxyl groups is 1. The molecule has 6 heteroatoms. The molecule has 0 amide bonds. The molecule has 2 N–H and O–H groups in total. The normalized spacial score (nSPS) is 30.1. The largest absolute Gasteiger partial charge is 0.493 e. The quantitative estimate of drug-likeness (QED) is 0.356. The van der Waals surface area contributed by atoms with Gasteiger partial charge in [0.1, 0.15) is 6.10 Å². The first kappa shape index (κ1) is 16.8. The molecule has 0 saturated heterocycles. The molecule has 0 radical (unpaired) electrons. The minimum absolute atomic E-state index is 0.00838. The average Bonchev–Trinajstić information content (AvgIpc) is 2.81. The Labute approximate surface area is 142 Å². The number of aliphatic hydroxyl groups excluding tert-OH is 1. The van der Waals surface area contributed by atoms with Crippen molar-refractivity contribution in [1.82, 2.24) is 4.90 Å². The van der Waals surface area contributed by atoms with Gasteiger partial charge in [-0.3, -0.25) is 0 Å². The first-order chi connectivity index (χ1) is 11.6. The zero-order chi connectivity index (χ0) is 17.3. The predicted molar refractivity (Wildman–Crippen MR) is 91.1 cm³/mol. The van der Waals surface area contributed by atoms with E-state index in [2.05, 4.69) is 36.0 Å². The van der Waals surface area contributed by atoms with Crippen LogP contribution in [0.25, 0.3) is 0 Å². The molecule has 3 atom stereocenters. The number of oxime groups is 1. The molecule has 2 aliphatic heterocycles. The van der Waals surface area contributed by atoms with Crippen molar-refractivity contribution in [2.45, 2.75) is 37.0 Å². The summed E-state index contributed by atoms with van der Waals surface area (Å²) in [6.07, 6.45) is 5.38. The third-order valence-electron chi connectivity index (χ3n) is 5.15. The molecule has 2 heterocycles. The number of methoxy groups -OCH3 is 1. The number of hydrogen-bond acceptors (Lipinski definition) is 6. The molecule has 24 heavy (non-hydrogen) atoms. The zero-order valence-corrected chi connectivity index (χ0v) is 14.1. The first-order valence-corrected chi connectivity index (χ1v) is 8.08. The molecule has 0 unspecified atom stereocenters. The van der Waals surface area contributed by atoms with Gasteiger partial charge in [0.05, 0.1) is 18.6 Å².